The molecule has 0 saturated heterocycles. The lowest BCUT2D eigenvalue weighted by atomic mass is 10.2. The molecule has 0 fully saturated rings. The Morgan fingerprint density at radius 2 is 1.33 bits per heavy atom. The molecule has 1 aromatic carbocycles. The average molecular weight is 201 g/mol. The number of para-hydroxylation sites is 1. The summed E-state index contributed by atoms with van der Waals surface area (Å²) in [5.74, 6) is -0.438. The Labute approximate surface area is 88.0 Å². The molecule has 0 radical (unpaired) electrons. The minimum atomic E-state index is -0.219. The highest BCUT2D eigenvalue weighted by Gasteiger charge is 2.34. The molecule has 1 heterocycles. The van der Waals surface area contributed by atoms with Crippen LogP contribution in [0.2, 0.25) is 0 Å². The maximum absolute atomic E-state index is 11.8. The molecule has 2 rings (SSSR count). The summed E-state index contributed by atoms with van der Waals surface area (Å²) in [5.41, 5.74) is 1.69. The smallest absolute Gasteiger partial charge is 0.261 e. The Kier molecular flexibility index (Phi) is 2.15. The first-order valence-corrected chi connectivity index (χ1v) is 4.74. The molecule has 0 bridgehead atoms. The van der Waals surface area contributed by atoms with Crippen molar-refractivity contribution in [3.63, 3.8) is 0 Å². The van der Waals surface area contributed by atoms with E-state index < -0.39 is 0 Å². The Hall–Kier alpha value is -1.90. The van der Waals surface area contributed by atoms with E-state index >= 15 is 0 Å². The lowest BCUT2D eigenvalue weighted by Crippen LogP contribution is -2.31. The largest absolute Gasteiger partial charge is 0.269 e. The monoisotopic (exact) mass is 201 g/mol. The van der Waals surface area contributed by atoms with Crippen molar-refractivity contribution < 1.29 is 9.59 Å². The molecule has 0 atom stereocenters. The van der Waals surface area contributed by atoms with Gasteiger partial charge in [-0.1, -0.05) is 18.2 Å². The van der Waals surface area contributed by atoms with Crippen molar-refractivity contribution in [3.05, 3.63) is 41.5 Å². The van der Waals surface area contributed by atoms with E-state index in [1.807, 2.05) is 6.07 Å². The van der Waals surface area contributed by atoms with Gasteiger partial charge in [-0.3, -0.25) is 9.59 Å². The third kappa shape index (κ3) is 1.36. The van der Waals surface area contributed by atoms with Gasteiger partial charge in [-0.2, -0.15) is 0 Å². The van der Waals surface area contributed by atoms with E-state index in [0.29, 0.717) is 16.8 Å². The first-order valence-electron chi connectivity index (χ1n) is 4.74. The van der Waals surface area contributed by atoms with E-state index in [4.69, 9.17) is 0 Å². The summed E-state index contributed by atoms with van der Waals surface area (Å²) in [7, 11) is 0. The molecule has 15 heavy (non-hydrogen) atoms. The quantitative estimate of drug-likeness (QED) is 0.651. The number of carbonyl (C=O) groups is 2. The van der Waals surface area contributed by atoms with Crippen molar-refractivity contribution in [2.45, 2.75) is 13.8 Å². The third-order valence-corrected chi connectivity index (χ3v) is 2.62. The van der Waals surface area contributed by atoms with Crippen LogP contribution in [0, 0.1) is 0 Å². The van der Waals surface area contributed by atoms with Crippen LogP contribution in [0.15, 0.2) is 41.5 Å². The molecular weight excluding hydrogens is 190 g/mol. The van der Waals surface area contributed by atoms with Crippen LogP contribution in [-0.4, -0.2) is 11.8 Å². The molecule has 2 amide bonds. The molecule has 0 saturated carbocycles. The Morgan fingerprint density at radius 3 is 1.80 bits per heavy atom. The number of amides is 2. The number of anilines is 1. The zero-order chi connectivity index (χ0) is 11.0. The third-order valence-electron chi connectivity index (χ3n) is 2.62. The number of benzene rings is 1. The summed E-state index contributed by atoms with van der Waals surface area (Å²) in [6, 6.07) is 8.96. The van der Waals surface area contributed by atoms with Gasteiger partial charge < -0.3 is 0 Å². The van der Waals surface area contributed by atoms with Gasteiger partial charge in [0.05, 0.1) is 5.69 Å². The van der Waals surface area contributed by atoms with Gasteiger partial charge in [-0.15, -0.1) is 0 Å². The van der Waals surface area contributed by atoms with E-state index in [9.17, 15) is 9.59 Å². The van der Waals surface area contributed by atoms with Crippen molar-refractivity contribution >= 4 is 17.5 Å². The van der Waals surface area contributed by atoms with Crippen LogP contribution in [0.25, 0.3) is 0 Å². The van der Waals surface area contributed by atoms with Crippen molar-refractivity contribution in [2.75, 3.05) is 4.90 Å². The maximum Gasteiger partial charge on any atom is 0.261 e. The van der Waals surface area contributed by atoms with E-state index in [1.54, 1.807) is 38.1 Å². The van der Waals surface area contributed by atoms with Crippen molar-refractivity contribution in [1.82, 2.24) is 0 Å². The molecule has 0 spiro atoms. The molecule has 0 aliphatic carbocycles. The van der Waals surface area contributed by atoms with Gasteiger partial charge in [-0.25, -0.2) is 4.90 Å². The predicted molar refractivity (Wildman–Crippen MR) is 57.3 cm³/mol. The van der Waals surface area contributed by atoms with Crippen LogP contribution in [-0.2, 0) is 9.59 Å². The molecule has 3 nitrogen and oxygen atoms in total. The summed E-state index contributed by atoms with van der Waals surface area (Å²) >= 11 is 0. The number of carbonyl (C=O) groups excluding carboxylic acids is 2. The summed E-state index contributed by atoms with van der Waals surface area (Å²) in [4.78, 5) is 24.8. The molecule has 0 aromatic heterocycles. The second kappa shape index (κ2) is 3.35. The van der Waals surface area contributed by atoms with Gasteiger partial charge in [-0.05, 0) is 26.0 Å². The fourth-order valence-corrected chi connectivity index (χ4v) is 1.56. The van der Waals surface area contributed by atoms with Crippen molar-refractivity contribution in [1.29, 1.82) is 0 Å². The number of imide groups is 1. The van der Waals surface area contributed by atoms with E-state index in [-0.39, 0.29) is 11.8 Å². The highest BCUT2D eigenvalue weighted by atomic mass is 16.2. The zero-order valence-corrected chi connectivity index (χ0v) is 8.65. The van der Waals surface area contributed by atoms with Gasteiger partial charge in [0.2, 0.25) is 0 Å². The molecule has 1 aromatic rings. The van der Waals surface area contributed by atoms with E-state index in [2.05, 4.69) is 0 Å². The fourth-order valence-electron chi connectivity index (χ4n) is 1.56. The van der Waals surface area contributed by atoms with Gasteiger partial charge in [0.15, 0.2) is 0 Å². The molecule has 76 valence electrons. The Bertz CT molecular complexity index is 436. The van der Waals surface area contributed by atoms with Gasteiger partial charge in [0.1, 0.15) is 0 Å². The van der Waals surface area contributed by atoms with Crippen LogP contribution >= 0.6 is 0 Å². The molecule has 1 aliphatic rings. The summed E-state index contributed by atoms with van der Waals surface area (Å²) in [6.45, 7) is 3.36. The van der Waals surface area contributed by atoms with Gasteiger partial charge in [0, 0.05) is 11.1 Å². The number of nitrogens with zero attached hydrogens (tertiary/aromatic N) is 1. The first-order chi connectivity index (χ1) is 7.13. The van der Waals surface area contributed by atoms with Crippen LogP contribution in [0.4, 0.5) is 5.69 Å². The lowest BCUT2D eigenvalue weighted by Gasteiger charge is -2.14. The Balaban J connectivity index is 2.44. The highest BCUT2D eigenvalue weighted by molar-refractivity contribution is 6.32. The van der Waals surface area contributed by atoms with Crippen LogP contribution in [0.1, 0.15) is 13.8 Å². The normalized spacial score (nSPS) is 16.5. The fraction of sp³-hybridized carbons (Fsp3) is 0.167. The van der Waals surface area contributed by atoms with Gasteiger partial charge in [0.25, 0.3) is 11.8 Å². The molecule has 0 unspecified atom stereocenters. The summed E-state index contributed by atoms with van der Waals surface area (Å²) in [5, 5.41) is 0. The predicted octanol–water partition coefficient (Wildman–Crippen LogP) is 1.90. The van der Waals surface area contributed by atoms with Crippen LogP contribution < -0.4 is 4.90 Å². The van der Waals surface area contributed by atoms with Gasteiger partial charge >= 0.3 is 0 Å². The Morgan fingerprint density at radius 1 is 0.867 bits per heavy atom. The van der Waals surface area contributed by atoms with Crippen LogP contribution in [0.5, 0.6) is 0 Å². The second-order valence-corrected chi connectivity index (χ2v) is 3.53. The zero-order valence-electron chi connectivity index (χ0n) is 8.65. The van der Waals surface area contributed by atoms with Crippen LogP contribution in [0.3, 0.4) is 0 Å². The number of hydrogen-bond donors (Lipinski definition) is 0. The number of rotatable bonds is 1. The molecule has 0 N–H and O–H groups in total. The average Bonchev–Trinajstić information content (AvgIpc) is 2.45. The van der Waals surface area contributed by atoms with E-state index in [0.717, 1.165) is 0 Å². The van der Waals surface area contributed by atoms with E-state index in [1.165, 1.54) is 4.90 Å². The molecule has 1 aliphatic heterocycles. The maximum atomic E-state index is 11.8. The second-order valence-electron chi connectivity index (χ2n) is 3.53. The molecule has 3 heteroatoms. The minimum Gasteiger partial charge on any atom is -0.269 e. The molecular formula is C12H11NO2. The van der Waals surface area contributed by atoms with Crippen molar-refractivity contribution in [3.8, 4) is 0 Å². The highest BCUT2D eigenvalue weighted by Crippen LogP contribution is 2.25. The topological polar surface area (TPSA) is 37.4 Å². The van der Waals surface area contributed by atoms with Crippen molar-refractivity contribution in [2.24, 2.45) is 0 Å². The summed E-state index contributed by atoms with van der Waals surface area (Å²) < 4.78 is 0. The standard InChI is InChI=1S/C12H11NO2/c1-8-9(2)12(15)13(11(8)14)10-6-4-3-5-7-10/h3-7H,1-2H3. The SMILES string of the molecule is CC1=C(C)C(=O)N(c2ccccc2)C1=O. The first kappa shape index (κ1) is 9.65. The number of hydrogen-bond acceptors (Lipinski definition) is 2. The minimum absolute atomic E-state index is 0.219. The summed E-state index contributed by atoms with van der Waals surface area (Å²) in [6.07, 6.45) is 0. The lowest BCUT2D eigenvalue weighted by molar-refractivity contribution is -0.120.